The predicted octanol–water partition coefficient (Wildman–Crippen LogP) is 2.27. The van der Waals surface area contributed by atoms with Gasteiger partial charge in [-0.05, 0) is 30.4 Å². The van der Waals surface area contributed by atoms with Crippen LogP contribution in [0, 0.1) is 11.8 Å². The molecule has 3 aliphatic rings. The molecule has 26 heavy (non-hydrogen) atoms. The Labute approximate surface area is 154 Å². The number of hydrogen-bond acceptors (Lipinski definition) is 4. The highest BCUT2D eigenvalue weighted by atomic mass is 35.5. The van der Waals surface area contributed by atoms with E-state index in [-0.39, 0.29) is 12.5 Å². The van der Waals surface area contributed by atoms with E-state index in [4.69, 9.17) is 11.6 Å². The smallest absolute Gasteiger partial charge is 0.356 e. The Hall–Kier alpha value is -1.54. The highest BCUT2D eigenvalue weighted by molar-refractivity contribution is 6.30. The van der Waals surface area contributed by atoms with Gasteiger partial charge in [0.05, 0.1) is 11.1 Å². The van der Waals surface area contributed by atoms with Gasteiger partial charge in [-0.25, -0.2) is 4.98 Å². The lowest BCUT2D eigenvalue weighted by Gasteiger charge is -2.26. The molecule has 0 radical (unpaired) electrons. The van der Waals surface area contributed by atoms with E-state index in [1.54, 1.807) is 6.20 Å². The molecule has 0 aromatic carbocycles. The monoisotopic (exact) mass is 388 g/mol. The first-order valence-corrected chi connectivity index (χ1v) is 9.14. The summed E-state index contributed by atoms with van der Waals surface area (Å²) < 4.78 is 37.7. The van der Waals surface area contributed by atoms with Crippen LogP contribution in [0.3, 0.4) is 0 Å². The van der Waals surface area contributed by atoms with Gasteiger partial charge in [-0.2, -0.15) is 13.2 Å². The van der Waals surface area contributed by atoms with Gasteiger partial charge in [0.1, 0.15) is 12.4 Å². The minimum atomic E-state index is -4.34. The number of rotatable bonds is 3. The van der Waals surface area contributed by atoms with Gasteiger partial charge in [0.15, 0.2) is 0 Å². The third-order valence-electron chi connectivity index (χ3n) is 5.63. The molecular weight excluding hydrogens is 369 g/mol. The van der Waals surface area contributed by atoms with Gasteiger partial charge in [0.25, 0.3) is 0 Å². The van der Waals surface area contributed by atoms with E-state index in [1.807, 2.05) is 12.1 Å². The molecule has 1 aromatic rings. The fraction of sp³-hybridized carbons (Fsp3) is 0.647. The van der Waals surface area contributed by atoms with Gasteiger partial charge in [-0.3, -0.25) is 9.69 Å². The second kappa shape index (κ2) is 6.56. The number of anilines is 1. The zero-order valence-electron chi connectivity index (χ0n) is 14.1. The second-order valence-electron chi connectivity index (χ2n) is 7.39. The highest BCUT2D eigenvalue weighted by Crippen LogP contribution is 2.36. The lowest BCUT2D eigenvalue weighted by molar-refractivity contribution is -0.159. The van der Waals surface area contributed by atoms with Gasteiger partial charge >= 0.3 is 6.18 Å². The van der Waals surface area contributed by atoms with E-state index in [1.165, 1.54) is 0 Å². The topological polar surface area (TPSA) is 39.7 Å². The average molecular weight is 389 g/mol. The summed E-state index contributed by atoms with van der Waals surface area (Å²) in [6.45, 7) is 2.26. The summed E-state index contributed by atoms with van der Waals surface area (Å²) in [5.41, 5.74) is 0. The van der Waals surface area contributed by atoms with Crippen LogP contribution in [0.5, 0.6) is 0 Å². The van der Waals surface area contributed by atoms with Crippen LogP contribution in [0.25, 0.3) is 0 Å². The molecule has 5 nitrogen and oxygen atoms in total. The Morgan fingerprint density at radius 1 is 1.15 bits per heavy atom. The molecule has 0 spiro atoms. The summed E-state index contributed by atoms with van der Waals surface area (Å²) in [5, 5.41) is 0.600. The molecule has 0 N–H and O–H groups in total. The number of halogens is 4. The minimum absolute atomic E-state index is 0.190. The van der Waals surface area contributed by atoms with Gasteiger partial charge < -0.3 is 9.80 Å². The number of carbonyl (C=O) groups excluding carboxylic acids is 1. The Morgan fingerprint density at radius 2 is 1.85 bits per heavy atom. The number of hydrogen-bond donors (Lipinski definition) is 0. The van der Waals surface area contributed by atoms with Gasteiger partial charge in [0.2, 0.25) is 5.91 Å². The van der Waals surface area contributed by atoms with Crippen LogP contribution in [0.15, 0.2) is 18.3 Å². The lowest BCUT2D eigenvalue weighted by Crippen LogP contribution is -2.44. The van der Waals surface area contributed by atoms with Crippen molar-refractivity contribution in [1.29, 1.82) is 0 Å². The van der Waals surface area contributed by atoms with Crippen LogP contribution in [0.1, 0.15) is 6.42 Å². The summed E-state index contributed by atoms with van der Waals surface area (Å²) in [4.78, 5) is 22.0. The Bertz CT molecular complexity index is 670. The number of fused-ring (bicyclic) bond motifs is 1. The van der Waals surface area contributed by atoms with Gasteiger partial charge in [-0.1, -0.05) is 11.6 Å². The fourth-order valence-electron chi connectivity index (χ4n) is 4.46. The Morgan fingerprint density at radius 3 is 2.42 bits per heavy atom. The van der Waals surface area contributed by atoms with E-state index in [0.29, 0.717) is 23.3 Å². The molecular formula is C17H20ClF3N4O. The summed E-state index contributed by atoms with van der Waals surface area (Å²) in [6, 6.07) is 3.32. The van der Waals surface area contributed by atoms with Crippen LogP contribution in [0.2, 0.25) is 5.02 Å². The maximum Gasteiger partial charge on any atom is 0.406 e. The Kier molecular flexibility index (Phi) is 4.51. The number of carbonyl (C=O) groups is 1. The predicted molar refractivity (Wildman–Crippen MR) is 91.1 cm³/mol. The maximum atomic E-state index is 12.6. The van der Waals surface area contributed by atoms with Crippen molar-refractivity contribution in [3.8, 4) is 0 Å². The average Bonchev–Trinajstić information content (AvgIpc) is 3.21. The van der Waals surface area contributed by atoms with E-state index >= 15 is 0 Å². The lowest BCUT2D eigenvalue weighted by atomic mass is 10.0. The molecule has 3 atom stereocenters. The molecule has 0 bridgehead atoms. The van der Waals surface area contributed by atoms with Crippen molar-refractivity contribution >= 4 is 23.3 Å². The molecule has 4 rings (SSSR count). The summed E-state index contributed by atoms with van der Waals surface area (Å²) in [7, 11) is 0. The van der Waals surface area contributed by atoms with Crippen LogP contribution in [-0.4, -0.2) is 72.2 Å². The minimum Gasteiger partial charge on any atom is -0.356 e. The van der Waals surface area contributed by atoms with Crippen LogP contribution >= 0.6 is 11.6 Å². The van der Waals surface area contributed by atoms with Crippen molar-refractivity contribution in [2.24, 2.45) is 11.8 Å². The number of amides is 1. The third-order valence-corrected chi connectivity index (χ3v) is 5.85. The number of aromatic nitrogens is 1. The Balaban J connectivity index is 1.35. The molecule has 142 valence electrons. The third kappa shape index (κ3) is 3.49. The molecule has 1 aromatic heterocycles. The van der Waals surface area contributed by atoms with Crippen LogP contribution < -0.4 is 4.90 Å². The van der Waals surface area contributed by atoms with E-state index < -0.39 is 18.8 Å². The maximum absolute atomic E-state index is 12.6. The fourth-order valence-corrected chi connectivity index (χ4v) is 4.57. The molecule has 4 heterocycles. The zero-order valence-corrected chi connectivity index (χ0v) is 14.9. The van der Waals surface area contributed by atoms with Crippen molar-refractivity contribution < 1.29 is 18.0 Å². The van der Waals surface area contributed by atoms with Crippen LogP contribution in [0.4, 0.5) is 19.0 Å². The van der Waals surface area contributed by atoms with Gasteiger partial charge in [0, 0.05) is 38.9 Å². The van der Waals surface area contributed by atoms with E-state index in [0.717, 1.165) is 36.9 Å². The molecule has 3 saturated heterocycles. The molecule has 3 unspecified atom stereocenters. The molecule has 3 fully saturated rings. The second-order valence-corrected chi connectivity index (χ2v) is 7.83. The molecule has 3 aliphatic heterocycles. The normalized spacial score (nSPS) is 29.7. The molecule has 1 amide bonds. The number of nitrogens with zero attached hydrogens (tertiary/aromatic N) is 4. The number of alkyl halides is 3. The number of pyridine rings is 1. The van der Waals surface area contributed by atoms with Gasteiger partial charge in [-0.15, -0.1) is 0 Å². The van der Waals surface area contributed by atoms with Crippen molar-refractivity contribution in [2.75, 3.05) is 44.2 Å². The summed E-state index contributed by atoms with van der Waals surface area (Å²) in [6.07, 6.45) is -2.22. The van der Waals surface area contributed by atoms with E-state index in [9.17, 15) is 18.0 Å². The largest absolute Gasteiger partial charge is 0.406 e. The number of likely N-dealkylation sites (tertiary alicyclic amines) is 2. The quantitative estimate of drug-likeness (QED) is 0.796. The summed E-state index contributed by atoms with van der Waals surface area (Å²) in [5.74, 6) is 1.34. The SMILES string of the molecule is O=C1C(N2CC3CN(c4ccc(Cl)cn4)CC3C2)CCN1CC(F)(F)F. The first-order valence-electron chi connectivity index (χ1n) is 8.76. The van der Waals surface area contributed by atoms with Crippen molar-refractivity contribution in [3.63, 3.8) is 0 Å². The van der Waals surface area contributed by atoms with Crippen LogP contribution in [-0.2, 0) is 4.79 Å². The summed E-state index contributed by atoms with van der Waals surface area (Å²) >= 11 is 5.88. The molecule has 9 heteroatoms. The standard InChI is InChI=1S/C17H20ClF3N4O/c18-13-1-2-15(22-5-13)25-8-11-6-24(7-12(11)9-25)14-3-4-23(16(14)26)10-17(19,20)21/h1-2,5,11-12,14H,3-4,6-10H2. The highest BCUT2D eigenvalue weighted by Gasteiger charge is 2.47. The molecule has 0 aliphatic carbocycles. The van der Waals surface area contributed by atoms with E-state index in [2.05, 4.69) is 14.8 Å². The van der Waals surface area contributed by atoms with Crippen molar-refractivity contribution in [2.45, 2.75) is 18.6 Å². The molecule has 0 saturated carbocycles. The first kappa shape index (κ1) is 17.9. The van der Waals surface area contributed by atoms with Crippen molar-refractivity contribution in [3.05, 3.63) is 23.4 Å². The zero-order chi connectivity index (χ0) is 18.5. The first-order chi connectivity index (χ1) is 12.3. The van der Waals surface area contributed by atoms with Crippen molar-refractivity contribution in [1.82, 2.24) is 14.8 Å².